The molecule has 1 aliphatic heterocycles. The zero-order valence-electron chi connectivity index (χ0n) is 11.8. The largest absolute Gasteiger partial charge is 0.398 e. The van der Waals surface area contributed by atoms with E-state index >= 15 is 0 Å². The Morgan fingerprint density at radius 1 is 1.30 bits per heavy atom. The van der Waals surface area contributed by atoms with Crippen molar-refractivity contribution in [2.24, 2.45) is 11.7 Å². The first-order valence-electron chi connectivity index (χ1n) is 7.07. The lowest BCUT2D eigenvalue weighted by Gasteiger charge is -2.29. The van der Waals surface area contributed by atoms with Gasteiger partial charge in [-0.1, -0.05) is 18.2 Å². The topological polar surface area (TPSA) is 81.6 Å². The van der Waals surface area contributed by atoms with Gasteiger partial charge >= 0.3 is 0 Å². The van der Waals surface area contributed by atoms with Crippen molar-refractivity contribution in [1.82, 2.24) is 4.90 Å². The number of ether oxygens (including phenoxy) is 1. The zero-order chi connectivity index (χ0) is 14.4. The number of hydrogen-bond acceptors (Lipinski definition) is 4. The van der Waals surface area contributed by atoms with Gasteiger partial charge in [-0.05, 0) is 30.4 Å². The summed E-state index contributed by atoms with van der Waals surface area (Å²) in [6.45, 7) is 3.41. The Hall–Kier alpha value is -1.59. The van der Waals surface area contributed by atoms with E-state index in [4.69, 9.17) is 16.2 Å². The van der Waals surface area contributed by atoms with E-state index in [2.05, 4.69) is 4.90 Å². The monoisotopic (exact) mass is 277 g/mol. The fourth-order valence-electron chi connectivity index (χ4n) is 2.62. The maximum Gasteiger partial charge on any atom is 0.231 e. The van der Waals surface area contributed by atoms with Crippen molar-refractivity contribution < 1.29 is 9.53 Å². The van der Waals surface area contributed by atoms with Crippen LogP contribution in [0.25, 0.3) is 0 Å². The number of nitrogens with two attached hydrogens (primary N) is 2. The van der Waals surface area contributed by atoms with Crippen LogP contribution in [-0.2, 0) is 16.1 Å². The highest BCUT2D eigenvalue weighted by atomic mass is 16.5. The molecule has 0 radical (unpaired) electrons. The summed E-state index contributed by atoms with van der Waals surface area (Å²) in [6.07, 6.45) is 2.08. The molecule has 0 bridgehead atoms. The van der Waals surface area contributed by atoms with E-state index in [0.717, 1.165) is 43.9 Å². The van der Waals surface area contributed by atoms with E-state index in [1.807, 2.05) is 24.3 Å². The number of hydrogen-bond donors (Lipinski definition) is 2. The molecular weight excluding hydrogens is 254 g/mol. The lowest BCUT2D eigenvalue weighted by molar-refractivity contribution is -0.119. The van der Waals surface area contributed by atoms with E-state index in [9.17, 15) is 4.79 Å². The SMILES string of the molecule is NC(=O)CN(Cc1ccccc1N)CC1CCOCC1. The third kappa shape index (κ3) is 4.51. The number of rotatable bonds is 6. The summed E-state index contributed by atoms with van der Waals surface area (Å²) < 4.78 is 5.37. The van der Waals surface area contributed by atoms with E-state index in [1.165, 1.54) is 0 Å². The van der Waals surface area contributed by atoms with Crippen molar-refractivity contribution in [3.8, 4) is 0 Å². The number of amides is 1. The molecule has 5 heteroatoms. The minimum absolute atomic E-state index is 0.270. The molecule has 1 aromatic rings. The lowest BCUT2D eigenvalue weighted by Crippen LogP contribution is -2.38. The molecule has 0 spiro atoms. The standard InChI is InChI=1S/C15H23N3O2/c16-14-4-2-1-3-13(14)10-18(11-15(17)19)9-12-5-7-20-8-6-12/h1-4,12H,5-11,16H2,(H2,17,19). The van der Waals surface area contributed by atoms with Crippen LogP contribution < -0.4 is 11.5 Å². The minimum atomic E-state index is -0.299. The van der Waals surface area contributed by atoms with Gasteiger partial charge in [0.1, 0.15) is 0 Å². The number of carbonyl (C=O) groups excluding carboxylic acids is 1. The molecule has 1 aliphatic rings. The Balaban J connectivity index is 1.99. The van der Waals surface area contributed by atoms with Crippen molar-refractivity contribution in [1.29, 1.82) is 0 Å². The first-order chi connectivity index (χ1) is 9.65. The van der Waals surface area contributed by atoms with Gasteiger partial charge in [-0.3, -0.25) is 9.69 Å². The summed E-state index contributed by atoms with van der Waals surface area (Å²) >= 11 is 0. The molecule has 0 aromatic heterocycles. The molecular formula is C15H23N3O2. The number of benzene rings is 1. The lowest BCUT2D eigenvalue weighted by atomic mass is 9.99. The highest BCUT2D eigenvalue weighted by Gasteiger charge is 2.19. The highest BCUT2D eigenvalue weighted by molar-refractivity contribution is 5.75. The number of nitrogens with zero attached hydrogens (tertiary/aromatic N) is 1. The maximum atomic E-state index is 11.3. The van der Waals surface area contributed by atoms with E-state index in [-0.39, 0.29) is 12.5 Å². The second kappa shape index (κ2) is 7.26. The zero-order valence-corrected chi connectivity index (χ0v) is 11.8. The Kier molecular flexibility index (Phi) is 5.38. The van der Waals surface area contributed by atoms with Crippen molar-refractivity contribution in [2.45, 2.75) is 19.4 Å². The quantitative estimate of drug-likeness (QED) is 0.760. The number of primary amides is 1. The van der Waals surface area contributed by atoms with E-state index < -0.39 is 0 Å². The first kappa shape index (κ1) is 14.8. The van der Waals surface area contributed by atoms with Gasteiger partial charge in [-0.2, -0.15) is 0 Å². The van der Waals surface area contributed by atoms with Crippen molar-refractivity contribution in [3.05, 3.63) is 29.8 Å². The van der Waals surface area contributed by atoms with Gasteiger partial charge in [0, 0.05) is 32.0 Å². The second-order valence-corrected chi connectivity index (χ2v) is 5.39. The molecule has 5 nitrogen and oxygen atoms in total. The average molecular weight is 277 g/mol. The summed E-state index contributed by atoms with van der Waals surface area (Å²) in [5.41, 5.74) is 13.1. The van der Waals surface area contributed by atoms with Crippen LogP contribution in [0.15, 0.2) is 24.3 Å². The van der Waals surface area contributed by atoms with Gasteiger partial charge in [0.15, 0.2) is 0 Å². The maximum absolute atomic E-state index is 11.3. The van der Waals surface area contributed by atoms with Crippen LogP contribution in [0.4, 0.5) is 5.69 Å². The molecule has 110 valence electrons. The molecule has 0 unspecified atom stereocenters. The van der Waals surface area contributed by atoms with Crippen LogP contribution >= 0.6 is 0 Å². The molecule has 0 saturated carbocycles. The smallest absolute Gasteiger partial charge is 0.231 e. The molecule has 1 amide bonds. The number of anilines is 1. The normalized spacial score (nSPS) is 16.4. The molecule has 1 aromatic carbocycles. The van der Waals surface area contributed by atoms with E-state index in [0.29, 0.717) is 12.5 Å². The molecule has 1 heterocycles. The predicted molar refractivity (Wildman–Crippen MR) is 78.9 cm³/mol. The molecule has 1 saturated heterocycles. The summed E-state index contributed by atoms with van der Waals surface area (Å²) in [5, 5.41) is 0. The summed E-state index contributed by atoms with van der Waals surface area (Å²) in [6, 6.07) is 7.75. The fraction of sp³-hybridized carbons (Fsp3) is 0.533. The Labute approximate surface area is 119 Å². The summed E-state index contributed by atoms with van der Waals surface area (Å²) in [4.78, 5) is 13.3. The predicted octanol–water partition coefficient (Wildman–Crippen LogP) is 0.983. The van der Waals surface area contributed by atoms with Gasteiger partial charge in [0.05, 0.1) is 6.54 Å². The highest BCUT2D eigenvalue weighted by Crippen LogP contribution is 2.19. The van der Waals surface area contributed by atoms with Gasteiger partial charge in [-0.15, -0.1) is 0 Å². The van der Waals surface area contributed by atoms with Gasteiger partial charge in [-0.25, -0.2) is 0 Å². The molecule has 0 atom stereocenters. The van der Waals surface area contributed by atoms with Gasteiger partial charge < -0.3 is 16.2 Å². The van der Waals surface area contributed by atoms with Gasteiger partial charge in [0.2, 0.25) is 5.91 Å². The van der Waals surface area contributed by atoms with Crippen molar-refractivity contribution in [2.75, 3.05) is 32.0 Å². The van der Waals surface area contributed by atoms with E-state index in [1.54, 1.807) is 0 Å². The number of para-hydroxylation sites is 1. The number of nitrogen functional groups attached to an aromatic ring is 1. The van der Waals surface area contributed by atoms with Crippen LogP contribution in [0.3, 0.4) is 0 Å². The van der Waals surface area contributed by atoms with Crippen LogP contribution in [0, 0.1) is 5.92 Å². The molecule has 2 rings (SSSR count). The number of carbonyl (C=O) groups is 1. The first-order valence-corrected chi connectivity index (χ1v) is 7.07. The summed E-state index contributed by atoms with van der Waals surface area (Å²) in [7, 11) is 0. The average Bonchev–Trinajstić information content (AvgIpc) is 2.42. The van der Waals surface area contributed by atoms with Gasteiger partial charge in [0.25, 0.3) is 0 Å². The van der Waals surface area contributed by atoms with Crippen molar-refractivity contribution in [3.63, 3.8) is 0 Å². The van der Waals surface area contributed by atoms with Crippen LogP contribution in [0.1, 0.15) is 18.4 Å². The molecule has 1 fully saturated rings. The van der Waals surface area contributed by atoms with Crippen LogP contribution in [0.2, 0.25) is 0 Å². The summed E-state index contributed by atoms with van der Waals surface area (Å²) in [5.74, 6) is 0.264. The van der Waals surface area contributed by atoms with Crippen molar-refractivity contribution >= 4 is 11.6 Å². The second-order valence-electron chi connectivity index (χ2n) is 5.39. The Morgan fingerprint density at radius 3 is 2.65 bits per heavy atom. The molecule has 20 heavy (non-hydrogen) atoms. The Bertz CT molecular complexity index is 444. The fourth-order valence-corrected chi connectivity index (χ4v) is 2.62. The molecule has 4 N–H and O–H groups in total. The Morgan fingerprint density at radius 2 is 2.00 bits per heavy atom. The van der Waals surface area contributed by atoms with Crippen LogP contribution in [-0.4, -0.2) is 37.1 Å². The van der Waals surface area contributed by atoms with Crippen LogP contribution in [0.5, 0.6) is 0 Å². The third-order valence-corrected chi connectivity index (χ3v) is 3.69. The minimum Gasteiger partial charge on any atom is -0.398 e. The third-order valence-electron chi connectivity index (χ3n) is 3.69. The molecule has 0 aliphatic carbocycles.